The molecule has 20 heavy (non-hydrogen) atoms. The molecule has 0 spiro atoms. The Bertz CT molecular complexity index is 481. The fourth-order valence-electron chi connectivity index (χ4n) is 2.49. The van der Waals surface area contributed by atoms with E-state index in [-0.39, 0.29) is 18.9 Å². The lowest BCUT2D eigenvalue weighted by atomic mass is 9.87. The predicted molar refractivity (Wildman–Crippen MR) is 76.6 cm³/mol. The van der Waals surface area contributed by atoms with Crippen LogP contribution in [0.3, 0.4) is 0 Å². The summed E-state index contributed by atoms with van der Waals surface area (Å²) in [5, 5.41) is 12.1. The van der Waals surface area contributed by atoms with Crippen LogP contribution in [0.5, 0.6) is 0 Å². The minimum Gasteiger partial charge on any atom is -0.481 e. The Morgan fingerprint density at radius 1 is 1.35 bits per heavy atom. The van der Waals surface area contributed by atoms with Crippen molar-refractivity contribution in [3.63, 3.8) is 0 Å². The number of anilines is 1. The van der Waals surface area contributed by atoms with Gasteiger partial charge in [-0.15, -0.1) is 0 Å². The first kappa shape index (κ1) is 14.5. The number of hydrogen-bond acceptors (Lipinski definition) is 3. The monoisotopic (exact) mass is 276 g/mol. The van der Waals surface area contributed by atoms with Gasteiger partial charge in [0.15, 0.2) is 0 Å². The molecule has 0 saturated carbocycles. The molecular weight excluding hydrogens is 256 g/mol. The lowest BCUT2D eigenvalue weighted by Crippen LogP contribution is -2.44. The largest absolute Gasteiger partial charge is 0.481 e. The third-order valence-electron chi connectivity index (χ3n) is 3.75. The third kappa shape index (κ3) is 3.17. The van der Waals surface area contributed by atoms with E-state index >= 15 is 0 Å². The number of nitrogens with one attached hydrogen (secondary N) is 1. The summed E-state index contributed by atoms with van der Waals surface area (Å²) in [5.74, 6) is -0.900. The highest BCUT2D eigenvalue weighted by atomic mass is 16.4. The molecule has 1 atom stereocenters. The number of carboxylic acid groups (broad SMARTS) is 1. The van der Waals surface area contributed by atoms with E-state index in [0.29, 0.717) is 6.54 Å². The van der Waals surface area contributed by atoms with Gasteiger partial charge in [0.25, 0.3) is 0 Å². The number of carbonyl (C=O) groups excluding carboxylic acids is 1. The van der Waals surface area contributed by atoms with Crippen molar-refractivity contribution in [1.82, 2.24) is 5.32 Å². The maximum Gasteiger partial charge on any atom is 0.305 e. The van der Waals surface area contributed by atoms with Gasteiger partial charge < -0.3 is 15.3 Å². The minimum atomic E-state index is -0.895. The molecule has 108 valence electrons. The van der Waals surface area contributed by atoms with E-state index in [9.17, 15) is 9.59 Å². The lowest BCUT2D eigenvalue weighted by molar-refractivity contribution is -0.136. The van der Waals surface area contributed by atoms with E-state index in [2.05, 4.69) is 5.32 Å². The molecule has 1 aliphatic rings. The first-order chi connectivity index (χ1) is 9.53. The van der Waals surface area contributed by atoms with Crippen molar-refractivity contribution in [2.24, 2.45) is 5.41 Å². The highest BCUT2D eigenvalue weighted by molar-refractivity contribution is 5.98. The quantitative estimate of drug-likeness (QED) is 0.855. The average Bonchev–Trinajstić information content (AvgIpc) is 2.88. The van der Waals surface area contributed by atoms with Gasteiger partial charge >= 0.3 is 5.97 Å². The molecule has 0 radical (unpaired) electrons. The van der Waals surface area contributed by atoms with Gasteiger partial charge in [-0.2, -0.15) is 0 Å². The number of benzene rings is 1. The van der Waals surface area contributed by atoms with Crippen molar-refractivity contribution in [2.45, 2.75) is 19.8 Å². The summed E-state index contributed by atoms with van der Waals surface area (Å²) in [6.45, 7) is 3.60. The number of para-hydroxylation sites is 1. The molecule has 1 fully saturated rings. The molecule has 0 aliphatic carbocycles. The number of rotatable bonds is 5. The smallest absolute Gasteiger partial charge is 0.305 e. The summed E-state index contributed by atoms with van der Waals surface area (Å²) >= 11 is 0. The normalized spacial score (nSPS) is 21.6. The van der Waals surface area contributed by atoms with E-state index in [1.807, 2.05) is 37.3 Å². The van der Waals surface area contributed by atoms with Crippen LogP contribution in [0.25, 0.3) is 0 Å². The van der Waals surface area contributed by atoms with Crippen LogP contribution in [0.2, 0.25) is 0 Å². The van der Waals surface area contributed by atoms with Gasteiger partial charge in [0.2, 0.25) is 5.91 Å². The Morgan fingerprint density at radius 2 is 2.05 bits per heavy atom. The fourth-order valence-corrected chi connectivity index (χ4v) is 2.49. The molecule has 2 rings (SSSR count). The van der Waals surface area contributed by atoms with Crippen LogP contribution in [0.4, 0.5) is 5.69 Å². The summed E-state index contributed by atoms with van der Waals surface area (Å²) < 4.78 is 0. The molecule has 1 unspecified atom stereocenters. The second-order valence-corrected chi connectivity index (χ2v) is 5.42. The molecule has 1 aromatic carbocycles. The van der Waals surface area contributed by atoms with Crippen molar-refractivity contribution in [1.29, 1.82) is 0 Å². The van der Waals surface area contributed by atoms with Gasteiger partial charge in [0, 0.05) is 18.8 Å². The maximum absolute atomic E-state index is 12.8. The number of aliphatic carboxylic acids is 1. The first-order valence-corrected chi connectivity index (χ1v) is 6.82. The van der Waals surface area contributed by atoms with Crippen molar-refractivity contribution in [2.75, 3.05) is 24.5 Å². The second kappa shape index (κ2) is 6.05. The molecule has 1 aromatic rings. The van der Waals surface area contributed by atoms with E-state index in [1.165, 1.54) is 0 Å². The standard InChI is InChI=1S/C15H20N2O3/c1-15(8-9-16-11-15)14(20)17(10-7-13(18)19)12-5-3-2-4-6-12/h2-6,16H,7-11H2,1H3,(H,18,19). The van der Waals surface area contributed by atoms with E-state index in [1.54, 1.807) is 4.90 Å². The Labute approximate surface area is 118 Å². The highest BCUT2D eigenvalue weighted by Crippen LogP contribution is 2.29. The summed E-state index contributed by atoms with van der Waals surface area (Å²) in [6, 6.07) is 9.26. The molecule has 2 N–H and O–H groups in total. The van der Waals surface area contributed by atoms with Crippen molar-refractivity contribution in [3.8, 4) is 0 Å². The van der Waals surface area contributed by atoms with E-state index in [4.69, 9.17) is 5.11 Å². The molecule has 1 amide bonds. The number of hydrogen-bond donors (Lipinski definition) is 2. The van der Waals surface area contributed by atoms with Crippen LogP contribution >= 0.6 is 0 Å². The van der Waals surface area contributed by atoms with Gasteiger partial charge in [0.05, 0.1) is 11.8 Å². The Hall–Kier alpha value is -1.88. The van der Waals surface area contributed by atoms with Crippen LogP contribution in [0, 0.1) is 5.41 Å². The van der Waals surface area contributed by atoms with Crippen molar-refractivity contribution < 1.29 is 14.7 Å². The molecule has 0 bridgehead atoms. The van der Waals surface area contributed by atoms with E-state index in [0.717, 1.165) is 18.7 Å². The van der Waals surface area contributed by atoms with Gasteiger partial charge in [-0.05, 0) is 32.0 Å². The fraction of sp³-hybridized carbons (Fsp3) is 0.467. The second-order valence-electron chi connectivity index (χ2n) is 5.42. The SMILES string of the molecule is CC1(C(=O)N(CCC(=O)O)c2ccccc2)CCNC1. The Kier molecular flexibility index (Phi) is 4.39. The van der Waals surface area contributed by atoms with E-state index < -0.39 is 11.4 Å². The number of amides is 1. The maximum atomic E-state index is 12.8. The Balaban J connectivity index is 2.22. The molecule has 1 saturated heterocycles. The zero-order valence-electron chi connectivity index (χ0n) is 11.6. The molecule has 1 heterocycles. The third-order valence-corrected chi connectivity index (χ3v) is 3.75. The van der Waals surface area contributed by atoms with Crippen LogP contribution in [0.15, 0.2) is 30.3 Å². The number of nitrogens with zero attached hydrogens (tertiary/aromatic N) is 1. The summed E-state index contributed by atoms with van der Waals surface area (Å²) in [5.41, 5.74) is 0.306. The molecule has 5 heteroatoms. The predicted octanol–water partition coefficient (Wildman–Crippen LogP) is 1.49. The Morgan fingerprint density at radius 3 is 2.60 bits per heavy atom. The van der Waals surface area contributed by atoms with Crippen LogP contribution in [-0.4, -0.2) is 36.6 Å². The first-order valence-electron chi connectivity index (χ1n) is 6.82. The van der Waals surface area contributed by atoms with Gasteiger partial charge in [-0.25, -0.2) is 0 Å². The highest BCUT2D eigenvalue weighted by Gasteiger charge is 2.39. The number of carboxylic acids is 1. The minimum absolute atomic E-state index is 0.00468. The molecule has 0 aromatic heterocycles. The summed E-state index contributed by atoms with van der Waals surface area (Å²) in [4.78, 5) is 25.2. The van der Waals surface area contributed by atoms with Gasteiger partial charge in [-0.1, -0.05) is 18.2 Å². The summed E-state index contributed by atoms with van der Waals surface area (Å²) in [7, 11) is 0. The van der Waals surface area contributed by atoms with Crippen LogP contribution < -0.4 is 10.2 Å². The van der Waals surface area contributed by atoms with Crippen molar-refractivity contribution in [3.05, 3.63) is 30.3 Å². The average molecular weight is 276 g/mol. The summed E-state index contributed by atoms with van der Waals surface area (Å²) in [6.07, 6.45) is 0.729. The molecule has 1 aliphatic heterocycles. The van der Waals surface area contributed by atoms with Crippen LogP contribution in [0.1, 0.15) is 19.8 Å². The topological polar surface area (TPSA) is 69.6 Å². The van der Waals surface area contributed by atoms with Gasteiger partial charge in [-0.3, -0.25) is 9.59 Å². The zero-order valence-corrected chi connectivity index (χ0v) is 11.6. The zero-order chi connectivity index (χ0) is 14.6. The molecular formula is C15H20N2O3. The molecule has 5 nitrogen and oxygen atoms in total. The number of carbonyl (C=O) groups is 2. The lowest BCUT2D eigenvalue weighted by Gasteiger charge is -2.31. The van der Waals surface area contributed by atoms with Crippen LogP contribution in [-0.2, 0) is 9.59 Å². The van der Waals surface area contributed by atoms with Crippen molar-refractivity contribution >= 4 is 17.6 Å². The van der Waals surface area contributed by atoms with Gasteiger partial charge in [0.1, 0.15) is 0 Å².